The van der Waals surface area contributed by atoms with Crippen molar-refractivity contribution in [1.29, 1.82) is 0 Å². The maximum atomic E-state index is 10.3. The molecule has 4 nitrogen and oxygen atoms in total. The first-order valence-electron chi connectivity index (χ1n) is 29.1. The Morgan fingerprint density at radius 1 is 0.569 bits per heavy atom. The summed E-state index contributed by atoms with van der Waals surface area (Å²) < 4.78 is 192. The highest BCUT2D eigenvalue weighted by Gasteiger charge is 2.48. The molecule has 282 valence electrons. The number of hydrogen-bond acceptors (Lipinski definition) is 4. The fraction of sp³-hybridized carbons (Fsp3) is 0.170. The second kappa shape index (κ2) is 12.8. The summed E-state index contributed by atoms with van der Waals surface area (Å²) in [4.78, 5) is 3.76. The van der Waals surface area contributed by atoms with Crippen LogP contribution in [0.5, 0.6) is 0 Å². The molecule has 7 aromatic carbocycles. The van der Waals surface area contributed by atoms with Crippen molar-refractivity contribution in [3.05, 3.63) is 180 Å². The van der Waals surface area contributed by atoms with Crippen LogP contribution in [0.4, 0.5) is 51.2 Å². The molecule has 0 bridgehead atoms. The minimum Gasteiger partial charge on any atom is -0.461 e. The maximum Gasteiger partial charge on any atom is 0.257 e. The molecule has 0 atom stereocenters. The molecule has 0 saturated heterocycles. The largest absolute Gasteiger partial charge is 0.461 e. The highest BCUT2D eigenvalue weighted by Crippen LogP contribution is 2.53. The smallest absolute Gasteiger partial charge is 0.257 e. The van der Waals surface area contributed by atoms with Crippen molar-refractivity contribution in [3.8, 4) is 0 Å². The molecule has 1 aromatic heterocycles. The van der Waals surface area contributed by atoms with Crippen LogP contribution < -0.4 is 31.1 Å². The lowest BCUT2D eigenvalue weighted by atomic mass is 9.32. The predicted molar refractivity (Wildman–Crippen MR) is 245 cm³/mol. The summed E-state index contributed by atoms with van der Waals surface area (Å²) >= 11 is 0. The van der Waals surface area contributed by atoms with Gasteiger partial charge in [-0.3, -0.25) is 0 Å². The van der Waals surface area contributed by atoms with Crippen LogP contribution in [-0.2, 0) is 10.8 Å². The van der Waals surface area contributed by atoms with Gasteiger partial charge in [-0.25, -0.2) is 0 Å². The topological polar surface area (TPSA) is 22.9 Å². The summed E-state index contributed by atoms with van der Waals surface area (Å²) in [5.41, 5.74) is -1.39. The van der Waals surface area contributed by atoms with Crippen LogP contribution in [-0.4, -0.2) is 6.71 Å². The van der Waals surface area contributed by atoms with Crippen molar-refractivity contribution < 1.29 is 31.8 Å². The average molecular weight is 772 g/mol. The van der Waals surface area contributed by atoms with E-state index < -0.39 is 137 Å². The third-order valence-corrected chi connectivity index (χ3v) is 11.8. The summed E-state index contributed by atoms with van der Waals surface area (Å²) in [6, 6.07) is -2.95. The molecule has 0 spiro atoms. The van der Waals surface area contributed by atoms with Gasteiger partial charge in [-0.2, -0.15) is 0 Å². The first kappa shape index (κ1) is 19.8. The highest BCUT2D eigenvalue weighted by atomic mass is 16.3. The molecule has 3 aliphatic rings. The van der Waals surface area contributed by atoms with Crippen LogP contribution in [0.15, 0.2) is 168 Å². The third kappa shape index (κ3) is 5.08. The summed E-state index contributed by atoms with van der Waals surface area (Å²) in [5.74, 6) is 0.591. The number of nitrogens with zero attached hydrogens (tertiary/aromatic N) is 3. The van der Waals surface area contributed by atoms with Crippen molar-refractivity contribution in [1.82, 2.24) is 0 Å². The van der Waals surface area contributed by atoms with E-state index in [1.165, 1.54) is 17.0 Å². The van der Waals surface area contributed by atoms with E-state index in [4.69, 9.17) is 16.8 Å². The maximum absolute atomic E-state index is 10.3. The van der Waals surface area contributed by atoms with E-state index in [-0.39, 0.29) is 68.6 Å². The Hall–Kier alpha value is -6.46. The van der Waals surface area contributed by atoms with E-state index in [9.17, 15) is 15.1 Å². The van der Waals surface area contributed by atoms with Gasteiger partial charge in [-0.05, 0) is 120 Å². The Morgan fingerprint density at radius 2 is 1.16 bits per heavy atom. The minimum atomic E-state index is -1.25. The lowest BCUT2D eigenvalue weighted by Crippen LogP contribution is -2.62. The van der Waals surface area contributed by atoms with Gasteiger partial charge in [0.05, 0.1) is 33.1 Å². The van der Waals surface area contributed by atoms with Gasteiger partial charge in [-0.1, -0.05) is 118 Å². The van der Waals surface area contributed by atoms with Gasteiger partial charge < -0.3 is 19.1 Å². The number of rotatable bonds is 5. The van der Waals surface area contributed by atoms with E-state index in [0.717, 1.165) is 10.5 Å². The van der Waals surface area contributed by atoms with E-state index in [2.05, 4.69) is 0 Å². The molecular weight excluding hydrogens is 705 g/mol. The predicted octanol–water partition coefficient (Wildman–Crippen LogP) is 12.6. The summed E-state index contributed by atoms with van der Waals surface area (Å²) in [5, 5.41) is 0.358. The molecule has 11 rings (SSSR count). The second-order valence-electron chi connectivity index (χ2n) is 16.1. The second-order valence-corrected chi connectivity index (χ2v) is 16.1. The van der Waals surface area contributed by atoms with E-state index >= 15 is 0 Å². The molecule has 3 heterocycles. The van der Waals surface area contributed by atoms with Crippen molar-refractivity contribution >= 4 is 85.3 Å². The number of hydrogen-bond donors (Lipinski definition) is 0. The molecule has 0 N–H and O–H groups in total. The molecular formula is C53H46BN3O. The van der Waals surface area contributed by atoms with E-state index in [0.29, 0.717) is 35.1 Å². The zero-order valence-corrected chi connectivity index (χ0v) is 32.3. The molecule has 0 amide bonds. The molecule has 8 aromatic rings. The van der Waals surface area contributed by atoms with Gasteiger partial charge in [0.15, 0.2) is 0 Å². The number of benzene rings is 7. The lowest BCUT2D eigenvalue weighted by molar-refractivity contribution is 0.284. The Labute approximate surface area is 370 Å². The number of para-hydroxylation sites is 4. The number of fused-ring (bicyclic) bond motifs is 8. The quantitative estimate of drug-likeness (QED) is 0.163. The normalized spacial score (nSPS) is 20.5. The number of furan rings is 1. The van der Waals surface area contributed by atoms with Gasteiger partial charge in [0.1, 0.15) is 11.3 Å². The Morgan fingerprint density at radius 3 is 1.81 bits per heavy atom. The first-order valence-corrected chi connectivity index (χ1v) is 19.1. The summed E-state index contributed by atoms with van der Waals surface area (Å²) in [6.07, 6.45) is 1.40. The zero-order valence-electron chi connectivity index (χ0n) is 52.3. The van der Waals surface area contributed by atoms with Crippen molar-refractivity contribution in [2.24, 2.45) is 0 Å². The van der Waals surface area contributed by atoms with Crippen LogP contribution in [0.3, 0.4) is 0 Å². The first-order chi connectivity index (χ1) is 36.5. The van der Waals surface area contributed by atoms with Crippen LogP contribution in [0.1, 0.15) is 84.8 Å². The fourth-order valence-electron chi connectivity index (χ4n) is 9.08. The lowest BCUT2D eigenvalue weighted by Gasteiger charge is -2.45. The molecule has 5 heteroatoms. The number of anilines is 9. The van der Waals surface area contributed by atoms with Crippen molar-refractivity contribution in [2.75, 3.05) is 14.7 Å². The van der Waals surface area contributed by atoms with Crippen LogP contribution in [0, 0.1) is 6.92 Å². The highest BCUT2D eigenvalue weighted by molar-refractivity contribution is 7.01. The monoisotopic (exact) mass is 771 g/mol. The van der Waals surface area contributed by atoms with Crippen LogP contribution >= 0.6 is 0 Å². The molecule has 0 saturated carbocycles. The summed E-state index contributed by atoms with van der Waals surface area (Å²) in [6.45, 7) is 8.49. The van der Waals surface area contributed by atoms with Crippen molar-refractivity contribution in [3.63, 3.8) is 0 Å². The Kier molecular flexibility index (Phi) is 4.36. The Bertz CT molecular complexity index is 3890. The third-order valence-electron chi connectivity index (χ3n) is 11.8. The fourth-order valence-corrected chi connectivity index (χ4v) is 9.08. The molecule has 1 aliphatic carbocycles. The molecule has 0 radical (unpaired) electrons. The molecule has 0 fully saturated rings. The van der Waals surface area contributed by atoms with E-state index in [1.807, 2.05) is 27.7 Å². The summed E-state index contributed by atoms with van der Waals surface area (Å²) in [7, 11) is 0. The Balaban J connectivity index is 1.44. The standard InChI is InChI=1S/C53H46BN3O/c1-35-19-18-28-42-47(35)54-48-44(56(42)38-24-14-8-15-25-38)33-40(55(36-20-10-6-11-21-36)37-22-12-7-13-23-37)34-45(48)57(39-26-16-9-17-27-39)43-30-29-41-46-51(58-50(41)49(43)54)53(4,5)32-31-52(46,2)3/h6-30,33-34H,31-32H2,1-5H3/i6D,7D,8D,10D,11D,12D,13D,14D,15D,18D,19D,20D,21D,22D,23D,24D,25D,28D,29D,30D. The van der Waals surface area contributed by atoms with Crippen LogP contribution in [0.2, 0.25) is 0 Å². The van der Waals surface area contributed by atoms with Gasteiger partial charge in [-0.15, -0.1) is 0 Å². The van der Waals surface area contributed by atoms with Gasteiger partial charge in [0.25, 0.3) is 6.71 Å². The van der Waals surface area contributed by atoms with Gasteiger partial charge >= 0.3 is 0 Å². The van der Waals surface area contributed by atoms with Crippen molar-refractivity contribution in [2.45, 2.75) is 58.3 Å². The van der Waals surface area contributed by atoms with Gasteiger partial charge in [0, 0.05) is 61.9 Å². The SMILES string of the molecule is [2H]c1c([2H])c([2H])c(N(c2cc3c4c(c2)N(c2c([2H])c([2H])c([2H])c([2H])c2[2H])c2c([2H])c([2H])c([2H])c(C)c2B4c2c(c([2H])c([2H])c4c5c(oc24)C(C)(C)CCC5(C)C)N3c2ccccc2)c2c([2H])c([2H])c([2H])c([2H])c2[2H])c([2H])c1[2H]. The van der Waals surface area contributed by atoms with Gasteiger partial charge in [0.2, 0.25) is 0 Å². The minimum absolute atomic E-state index is 0.0767. The zero-order chi connectivity index (χ0) is 56.7. The molecule has 58 heavy (non-hydrogen) atoms. The molecule has 0 unspecified atom stereocenters. The van der Waals surface area contributed by atoms with Crippen LogP contribution in [0.25, 0.3) is 11.0 Å². The van der Waals surface area contributed by atoms with E-state index in [1.54, 1.807) is 42.2 Å². The molecule has 2 aliphatic heterocycles. The average Bonchev–Trinajstić information content (AvgIpc) is 3.78.